The van der Waals surface area contributed by atoms with Gasteiger partial charge in [-0.25, -0.2) is 4.98 Å². The highest BCUT2D eigenvalue weighted by molar-refractivity contribution is 7.99. The van der Waals surface area contributed by atoms with Crippen LogP contribution in [0.25, 0.3) is 10.2 Å². The zero-order chi connectivity index (χ0) is 19.6. The number of carbonyl (C=O) groups is 1. The molecular weight excluding hydrogens is 378 g/mol. The smallest absolute Gasteiger partial charge is 0.263 e. The number of amides is 1. The predicted octanol–water partition coefficient (Wildman–Crippen LogP) is 3.78. The molecule has 0 fully saturated rings. The molecule has 3 rings (SSSR count). The number of thiophene rings is 1. The van der Waals surface area contributed by atoms with Crippen LogP contribution in [0.1, 0.15) is 44.1 Å². The maximum absolute atomic E-state index is 13.2. The van der Waals surface area contributed by atoms with E-state index in [-0.39, 0.29) is 23.3 Å². The van der Waals surface area contributed by atoms with Gasteiger partial charge in [0.2, 0.25) is 5.91 Å². The number of hydrogen-bond acceptors (Lipinski definition) is 5. The third-order valence-electron chi connectivity index (χ3n) is 5.07. The predicted molar refractivity (Wildman–Crippen MR) is 114 cm³/mol. The van der Waals surface area contributed by atoms with Crippen LogP contribution in [0.5, 0.6) is 0 Å². The molecule has 0 saturated heterocycles. The minimum absolute atomic E-state index is 0.00208. The second-order valence-electron chi connectivity index (χ2n) is 7.38. The van der Waals surface area contributed by atoms with E-state index in [4.69, 9.17) is 4.98 Å². The maximum Gasteiger partial charge on any atom is 0.263 e. The Kier molecular flexibility index (Phi) is 6.42. The molecule has 2 heterocycles. The summed E-state index contributed by atoms with van der Waals surface area (Å²) < 4.78 is 1.65. The Morgan fingerprint density at radius 3 is 2.81 bits per heavy atom. The number of rotatable bonds is 7. The van der Waals surface area contributed by atoms with E-state index in [2.05, 4.69) is 25.7 Å². The summed E-state index contributed by atoms with van der Waals surface area (Å²) >= 11 is 2.96. The first kappa shape index (κ1) is 20.1. The molecule has 2 aromatic heterocycles. The quantitative estimate of drug-likeness (QED) is 0.433. The lowest BCUT2D eigenvalue weighted by Crippen LogP contribution is -2.37. The lowest BCUT2D eigenvalue weighted by atomic mass is 9.97. The van der Waals surface area contributed by atoms with Gasteiger partial charge in [0, 0.05) is 17.5 Å². The summed E-state index contributed by atoms with van der Waals surface area (Å²) in [6, 6.07) is 0.118. The lowest BCUT2D eigenvalue weighted by Gasteiger charge is -2.17. The number of aryl methyl sites for hydroxylation is 2. The number of nitrogens with zero attached hydrogens (tertiary/aromatic N) is 2. The van der Waals surface area contributed by atoms with Crippen LogP contribution in [-0.4, -0.2) is 27.3 Å². The fraction of sp³-hybridized carbons (Fsp3) is 0.550. The van der Waals surface area contributed by atoms with Crippen LogP contribution in [0.4, 0.5) is 0 Å². The summed E-state index contributed by atoms with van der Waals surface area (Å²) in [5, 5.41) is 4.37. The molecule has 0 aliphatic heterocycles. The van der Waals surface area contributed by atoms with Crippen molar-refractivity contribution >= 4 is 39.2 Å². The minimum atomic E-state index is -0.0360. The molecular formula is C20H27N3O2S2. The van der Waals surface area contributed by atoms with Gasteiger partial charge in [-0.2, -0.15) is 0 Å². The SMILES string of the molecule is C=CCn1c(SCC(=O)N[C@H](C)C(C)C)nc2sc3c(c2c1=O)CCCC3. The molecule has 146 valence electrons. The third kappa shape index (κ3) is 4.29. The Hall–Kier alpha value is -1.60. The molecule has 0 spiro atoms. The number of aromatic nitrogens is 2. The van der Waals surface area contributed by atoms with E-state index in [1.165, 1.54) is 28.6 Å². The van der Waals surface area contributed by atoms with Crippen molar-refractivity contribution < 1.29 is 4.79 Å². The molecule has 0 radical (unpaired) electrons. The normalized spacial score (nSPS) is 15.0. The van der Waals surface area contributed by atoms with Crippen LogP contribution in [-0.2, 0) is 24.2 Å². The average Bonchev–Trinajstić information content (AvgIpc) is 3.01. The van der Waals surface area contributed by atoms with Crippen LogP contribution in [0.2, 0.25) is 0 Å². The van der Waals surface area contributed by atoms with Gasteiger partial charge < -0.3 is 5.32 Å². The Morgan fingerprint density at radius 1 is 1.37 bits per heavy atom. The zero-order valence-corrected chi connectivity index (χ0v) is 17.8. The van der Waals surface area contributed by atoms with E-state index < -0.39 is 0 Å². The summed E-state index contributed by atoms with van der Waals surface area (Å²) in [5.41, 5.74) is 1.19. The highest BCUT2D eigenvalue weighted by atomic mass is 32.2. The summed E-state index contributed by atoms with van der Waals surface area (Å²) in [6.07, 6.45) is 6.01. The van der Waals surface area contributed by atoms with Gasteiger partial charge in [0.15, 0.2) is 5.16 Å². The van der Waals surface area contributed by atoms with Crippen LogP contribution in [0.3, 0.4) is 0 Å². The molecule has 0 saturated carbocycles. The molecule has 1 N–H and O–H groups in total. The van der Waals surface area contributed by atoms with Crippen LogP contribution in [0.15, 0.2) is 22.6 Å². The Labute approximate surface area is 168 Å². The lowest BCUT2D eigenvalue weighted by molar-refractivity contribution is -0.119. The maximum atomic E-state index is 13.2. The first-order chi connectivity index (χ1) is 12.9. The molecule has 5 nitrogen and oxygen atoms in total. The van der Waals surface area contributed by atoms with E-state index in [1.807, 2.05) is 6.92 Å². The average molecular weight is 406 g/mol. The van der Waals surface area contributed by atoms with Crippen LogP contribution >= 0.6 is 23.1 Å². The van der Waals surface area contributed by atoms with Gasteiger partial charge in [0.1, 0.15) is 4.83 Å². The Balaban J connectivity index is 1.90. The van der Waals surface area contributed by atoms with Gasteiger partial charge in [-0.15, -0.1) is 17.9 Å². The number of fused-ring (bicyclic) bond motifs is 3. The summed E-state index contributed by atoms with van der Waals surface area (Å²) in [7, 11) is 0. The molecule has 0 aromatic carbocycles. The summed E-state index contributed by atoms with van der Waals surface area (Å²) in [4.78, 5) is 32.3. The largest absolute Gasteiger partial charge is 0.353 e. The van der Waals surface area contributed by atoms with E-state index in [9.17, 15) is 9.59 Å². The van der Waals surface area contributed by atoms with Crippen molar-refractivity contribution in [2.75, 3.05) is 5.75 Å². The monoisotopic (exact) mass is 405 g/mol. The molecule has 1 aliphatic carbocycles. The van der Waals surface area contributed by atoms with Crippen molar-refractivity contribution in [1.29, 1.82) is 0 Å². The molecule has 2 aromatic rings. The Morgan fingerprint density at radius 2 is 2.11 bits per heavy atom. The summed E-state index contributed by atoms with van der Waals surface area (Å²) in [5.74, 6) is 0.591. The second-order valence-corrected chi connectivity index (χ2v) is 9.40. The van der Waals surface area contributed by atoms with Crippen LogP contribution < -0.4 is 10.9 Å². The zero-order valence-electron chi connectivity index (χ0n) is 16.2. The van der Waals surface area contributed by atoms with Crippen molar-refractivity contribution in [3.63, 3.8) is 0 Å². The van der Waals surface area contributed by atoms with Crippen molar-refractivity contribution in [1.82, 2.24) is 14.9 Å². The van der Waals surface area contributed by atoms with Gasteiger partial charge in [-0.3, -0.25) is 14.2 Å². The molecule has 0 bridgehead atoms. The number of nitrogens with one attached hydrogen (secondary N) is 1. The summed E-state index contributed by atoms with van der Waals surface area (Å²) in [6.45, 7) is 10.3. The first-order valence-electron chi connectivity index (χ1n) is 9.50. The minimum Gasteiger partial charge on any atom is -0.353 e. The molecule has 1 amide bonds. The first-order valence-corrected chi connectivity index (χ1v) is 11.3. The number of thioether (sulfide) groups is 1. The fourth-order valence-corrected chi connectivity index (χ4v) is 5.33. The number of allylic oxidation sites excluding steroid dienone is 1. The molecule has 1 aliphatic rings. The van der Waals surface area contributed by atoms with Gasteiger partial charge in [-0.1, -0.05) is 31.7 Å². The van der Waals surface area contributed by atoms with Gasteiger partial charge >= 0.3 is 0 Å². The van der Waals surface area contributed by atoms with E-state index in [0.717, 1.165) is 29.5 Å². The topological polar surface area (TPSA) is 64.0 Å². The van der Waals surface area contributed by atoms with E-state index in [1.54, 1.807) is 22.0 Å². The van der Waals surface area contributed by atoms with Gasteiger partial charge in [0.05, 0.1) is 11.1 Å². The number of hydrogen-bond donors (Lipinski definition) is 1. The van der Waals surface area contributed by atoms with Crippen molar-refractivity contribution in [3.05, 3.63) is 33.4 Å². The van der Waals surface area contributed by atoms with Crippen molar-refractivity contribution in [3.8, 4) is 0 Å². The van der Waals surface area contributed by atoms with E-state index >= 15 is 0 Å². The van der Waals surface area contributed by atoms with Crippen molar-refractivity contribution in [2.45, 2.75) is 64.2 Å². The molecule has 1 atom stereocenters. The van der Waals surface area contributed by atoms with Gasteiger partial charge in [0.25, 0.3) is 5.56 Å². The van der Waals surface area contributed by atoms with E-state index in [0.29, 0.717) is 17.6 Å². The highest BCUT2D eigenvalue weighted by Crippen LogP contribution is 2.34. The highest BCUT2D eigenvalue weighted by Gasteiger charge is 2.22. The van der Waals surface area contributed by atoms with Crippen LogP contribution in [0, 0.1) is 5.92 Å². The molecule has 27 heavy (non-hydrogen) atoms. The third-order valence-corrected chi connectivity index (χ3v) is 7.23. The fourth-order valence-electron chi connectivity index (χ4n) is 3.21. The number of carbonyl (C=O) groups excluding carboxylic acids is 1. The van der Waals surface area contributed by atoms with Gasteiger partial charge in [-0.05, 0) is 44.1 Å². The molecule has 0 unspecified atom stereocenters. The Bertz CT molecular complexity index is 914. The van der Waals surface area contributed by atoms with Crippen molar-refractivity contribution in [2.24, 2.45) is 5.92 Å². The standard InChI is InChI=1S/C20H27N3O2S2/c1-5-10-23-19(25)17-14-8-6-7-9-15(14)27-18(17)22-20(23)26-11-16(24)21-13(4)12(2)3/h5,12-13H,1,6-11H2,2-4H3,(H,21,24)/t13-/m1/s1. The second kappa shape index (κ2) is 8.61. The molecule has 7 heteroatoms.